The molecule has 1 aliphatic heterocycles. The van der Waals surface area contributed by atoms with Gasteiger partial charge in [0.1, 0.15) is 0 Å². The highest BCUT2D eigenvalue weighted by Gasteiger charge is 2.39. The topological polar surface area (TPSA) is 88.1 Å². The Balaban J connectivity index is 2.13. The first kappa shape index (κ1) is 17.2. The number of methoxy groups -OCH3 is 2. The van der Waals surface area contributed by atoms with Gasteiger partial charge in [-0.25, -0.2) is 9.69 Å². The van der Waals surface area contributed by atoms with E-state index >= 15 is 0 Å². The number of carbonyl (C=O) groups excluding carboxylic acids is 1. The van der Waals surface area contributed by atoms with Crippen molar-refractivity contribution in [3.05, 3.63) is 48.0 Å². The maximum Gasteiger partial charge on any atom is 0.245 e. The zero-order chi connectivity index (χ0) is 18.0. The Bertz CT molecular complexity index is 812. The second kappa shape index (κ2) is 7.12. The predicted molar refractivity (Wildman–Crippen MR) is 92.2 cm³/mol. The fraction of sp³-hybridized carbons (Fsp3) is 0.235. The number of nitrogens with zero attached hydrogens (tertiary/aromatic N) is 1. The molecule has 0 fully saturated rings. The number of ether oxygens (including phenoxy) is 2. The summed E-state index contributed by atoms with van der Waals surface area (Å²) in [5.74, 6) is 0.392. The van der Waals surface area contributed by atoms with Crippen LogP contribution in [0, 0.1) is 0 Å². The SMILES string of the molecule is COc1cc2c(cc1OC)S(=O)N(c1ccccc1)C2CC(=O)NO. The van der Waals surface area contributed by atoms with Crippen LogP contribution in [-0.4, -0.2) is 29.5 Å². The molecule has 1 aliphatic rings. The van der Waals surface area contributed by atoms with Gasteiger partial charge >= 0.3 is 0 Å². The van der Waals surface area contributed by atoms with E-state index in [-0.39, 0.29) is 6.42 Å². The molecule has 2 aromatic carbocycles. The van der Waals surface area contributed by atoms with Gasteiger partial charge in [-0.05, 0) is 23.8 Å². The van der Waals surface area contributed by atoms with E-state index in [2.05, 4.69) is 0 Å². The average Bonchev–Trinajstić information content (AvgIpc) is 2.92. The number of hydrogen-bond acceptors (Lipinski definition) is 5. The number of carbonyl (C=O) groups is 1. The van der Waals surface area contributed by atoms with Gasteiger partial charge in [0, 0.05) is 6.07 Å². The van der Waals surface area contributed by atoms with Crippen LogP contribution in [-0.2, 0) is 15.8 Å². The van der Waals surface area contributed by atoms with Crippen molar-refractivity contribution in [1.82, 2.24) is 5.48 Å². The first-order chi connectivity index (χ1) is 12.1. The molecule has 0 aromatic heterocycles. The van der Waals surface area contributed by atoms with E-state index in [1.165, 1.54) is 14.2 Å². The molecule has 1 heterocycles. The van der Waals surface area contributed by atoms with Crippen LogP contribution in [0.3, 0.4) is 0 Å². The van der Waals surface area contributed by atoms with Crippen molar-refractivity contribution in [2.45, 2.75) is 17.4 Å². The third-order valence-electron chi connectivity index (χ3n) is 4.04. The van der Waals surface area contributed by atoms with Gasteiger partial charge in [0.05, 0.1) is 37.3 Å². The zero-order valence-electron chi connectivity index (χ0n) is 13.8. The number of hydroxylamine groups is 1. The Kier molecular flexibility index (Phi) is 4.91. The number of nitrogens with one attached hydrogen (secondary N) is 1. The van der Waals surface area contributed by atoms with Crippen LogP contribution in [0.4, 0.5) is 5.69 Å². The summed E-state index contributed by atoms with van der Waals surface area (Å²) in [4.78, 5) is 12.3. The molecule has 2 atom stereocenters. The fourth-order valence-electron chi connectivity index (χ4n) is 2.90. The second-order valence-corrected chi connectivity index (χ2v) is 6.74. The van der Waals surface area contributed by atoms with E-state index in [4.69, 9.17) is 14.7 Å². The molecule has 1 amide bonds. The molecule has 0 radical (unpaired) electrons. The van der Waals surface area contributed by atoms with E-state index in [1.54, 1.807) is 21.9 Å². The van der Waals surface area contributed by atoms with Crippen LogP contribution < -0.4 is 19.3 Å². The molecule has 3 rings (SSSR count). The first-order valence-electron chi connectivity index (χ1n) is 7.55. The van der Waals surface area contributed by atoms with Crippen molar-refractivity contribution >= 4 is 22.6 Å². The smallest absolute Gasteiger partial charge is 0.245 e. The van der Waals surface area contributed by atoms with Crippen LogP contribution >= 0.6 is 0 Å². The molecule has 2 unspecified atom stereocenters. The van der Waals surface area contributed by atoms with Crippen LogP contribution in [0.1, 0.15) is 18.0 Å². The van der Waals surface area contributed by atoms with Gasteiger partial charge in [-0.1, -0.05) is 18.2 Å². The van der Waals surface area contributed by atoms with Crippen LogP contribution in [0.5, 0.6) is 11.5 Å². The minimum absolute atomic E-state index is 0.0559. The molecular formula is C17H18N2O5S. The predicted octanol–water partition coefficient (Wildman–Crippen LogP) is 2.18. The molecule has 0 saturated heterocycles. The zero-order valence-corrected chi connectivity index (χ0v) is 14.6. The lowest BCUT2D eigenvalue weighted by Gasteiger charge is -2.24. The molecule has 7 nitrogen and oxygen atoms in total. The highest BCUT2D eigenvalue weighted by Crippen LogP contribution is 2.46. The molecule has 132 valence electrons. The quantitative estimate of drug-likeness (QED) is 0.629. The van der Waals surface area contributed by atoms with Crippen molar-refractivity contribution < 1.29 is 23.7 Å². The van der Waals surface area contributed by atoms with E-state index < -0.39 is 22.9 Å². The molecule has 0 spiro atoms. The summed E-state index contributed by atoms with van der Waals surface area (Å²) in [6, 6.07) is 12.0. The lowest BCUT2D eigenvalue weighted by molar-refractivity contribution is -0.129. The van der Waals surface area contributed by atoms with Gasteiger partial charge in [-0.15, -0.1) is 0 Å². The third kappa shape index (κ3) is 3.06. The molecule has 2 aromatic rings. The lowest BCUT2D eigenvalue weighted by atomic mass is 10.0. The Morgan fingerprint density at radius 1 is 1.20 bits per heavy atom. The first-order valence-corrected chi connectivity index (χ1v) is 8.66. The van der Waals surface area contributed by atoms with Gasteiger partial charge in [0.25, 0.3) is 0 Å². The van der Waals surface area contributed by atoms with E-state index in [1.807, 2.05) is 30.3 Å². The molecule has 0 saturated carbocycles. The molecule has 0 aliphatic carbocycles. The van der Waals surface area contributed by atoms with Crippen molar-refractivity contribution in [3.8, 4) is 11.5 Å². The molecular weight excluding hydrogens is 344 g/mol. The van der Waals surface area contributed by atoms with Crippen LogP contribution in [0.2, 0.25) is 0 Å². The molecule has 8 heteroatoms. The van der Waals surface area contributed by atoms with Crippen molar-refractivity contribution in [2.24, 2.45) is 0 Å². The van der Waals surface area contributed by atoms with E-state index in [0.717, 1.165) is 0 Å². The van der Waals surface area contributed by atoms with Crippen LogP contribution in [0.15, 0.2) is 47.4 Å². The van der Waals surface area contributed by atoms with Gasteiger partial charge in [-0.2, -0.15) is 0 Å². The minimum Gasteiger partial charge on any atom is -0.493 e. The van der Waals surface area contributed by atoms with Crippen molar-refractivity contribution in [1.29, 1.82) is 0 Å². The highest BCUT2D eigenvalue weighted by atomic mass is 32.2. The minimum atomic E-state index is -1.52. The Labute approximate surface area is 147 Å². The Hall–Kier alpha value is -2.58. The van der Waals surface area contributed by atoms with E-state index in [9.17, 15) is 9.00 Å². The Morgan fingerprint density at radius 3 is 2.44 bits per heavy atom. The lowest BCUT2D eigenvalue weighted by Crippen LogP contribution is -2.29. The van der Waals surface area contributed by atoms with Crippen molar-refractivity contribution in [2.75, 3.05) is 18.5 Å². The number of rotatable bonds is 5. The fourth-order valence-corrected chi connectivity index (χ4v) is 4.45. The standard InChI is InChI=1S/C17H18N2O5S/c1-23-14-8-12-13(9-17(20)18-21)19(11-6-4-3-5-7-11)25(22)16(12)10-15(14)24-2/h3-8,10,13,21H,9H2,1-2H3,(H,18,20). The third-order valence-corrected chi connectivity index (χ3v) is 5.59. The van der Waals surface area contributed by atoms with E-state index in [0.29, 0.717) is 27.6 Å². The van der Waals surface area contributed by atoms with Gasteiger partial charge in [0.15, 0.2) is 22.5 Å². The van der Waals surface area contributed by atoms with Gasteiger partial charge in [-0.3, -0.25) is 14.3 Å². The molecule has 25 heavy (non-hydrogen) atoms. The normalized spacial score (nSPS) is 18.6. The van der Waals surface area contributed by atoms with Crippen LogP contribution in [0.25, 0.3) is 0 Å². The largest absolute Gasteiger partial charge is 0.493 e. The monoisotopic (exact) mass is 362 g/mol. The van der Waals surface area contributed by atoms with Gasteiger partial charge < -0.3 is 9.47 Å². The van der Waals surface area contributed by atoms with Gasteiger partial charge in [0.2, 0.25) is 5.91 Å². The van der Waals surface area contributed by atoms with Crippen molar-refractivity contribution in [3.63, 3.8) is 0 Å². The second-order valence-electron chi connectivity index (χ2n) is 5.41. The summed E-state index contributed by atoms with van der Waals surface area (Å²) in [5.41, 5.74) is 3.05. The number of fused-ring (bicyclic) bond motifs is 1. The summed E-state index contributed by atoms with van der Waals surface area (Å²) >= 11 is 0. The molecule has 0 bridgehead atoms. The highest BCUT2D eigenvalue weighted by molar-refractivity contribution is 7.87. The number of anilines is 1. The maximum absolute atomic E-state index is 13.1. The average molecular weight is 362 g/mol. The molecule has 2 N–H and O–H groups in total. The number of hydrogen-bond donors (Lipinski definition) is 2. The maximum atomic E-state index is 13.1. The number of amides is 1. The summed E-state index contributed by atoms with van der Waals surface area (Å²) in [5, 5.41) is 8.91. The number of para-hydroxylation sites is 1. The summed E-state index contributed by atoms with van der Waals surface area (Å²) in [7, 11) is 1.50. The summed E-state index contributed by atoms with van der Waals surface area (Å²) in [6.45, 7) is 0. The number of benzene rings is 2. The summed E-state index contributed by atoms with van der Waals surface area (Å²) < 4.78 is 25.4. The summed E-state index contributed by atoms with van der Waals surface area (Å²) in [6.07, 6.45) is -0.0559. The Morgan fingerprint density at radius 2 is 1.84 bits per heavy atom.